The zero-order valence-electron chi connectivity index (χ0n) is 10.6. The molecule has 1 aromatic heterocycles. The summed E-state index contributed by atoms with van der Waals surface area (Å²) in [5.41, 5.74) is -0.858. The molecule has 1 N–H and O–H groups in total. The van der Waals surface area contributed by atoms with Gasteiger partial charge in [-0.05, 0) is 24.3 Å². The van der Waals surface area contributed by atoms with E-state index in [1.165, 1.54) is 7.05 Å². The molecule has 0 saturated heterocycles. The average Bonchev–Trinajstić information content (AvgIpc) is 2.41. The van der Waals surface area contributed by atoms with Crippen molar-refractivity contribution in [1.82, 2.24) is 4.98 Å². The van der Waals surface area contributed by atoms with Crippen LogP contribution in [0.15, 0.2) is 34.8 Å². The van der Waals surface area contributed by atoms with E-state index in [-0.39, 0.29) is 22.5 Å². The van der Waals surface area contributed by atoms with Crippen molar-refractivity contribution in [2.75, 3.05) is 12.4 Å². The van der Waals surface area contributed by atoms with Crippen molar-refractivity contribution in [2.24, 2.45) is 0 Å². The normalized spacial score (nSPS) is 11.3. The zero-order valence-corrected chi connectivity index (χ0v) is 13.0. The summed E-state index contributed by atoms with van der Waals surface area (Å²) in [7, 11) is 1.47. The molecule has 2 aromatic rings. The molecule has 1 heterocycles. The topological polar surface area (TPSA) is 34.1 Å². The molecule has 0 radical (unpaired) electrons. The Morgan fingerprint density at radius 3 is 2.57 bits per heavy atom. The summed E-state index contributed by atoms with van der Waals surface area (Å²) in [5, 5.41) is 2.83. The van der Waals surface area contributed by atoms with E-state index < -0.39 is 11.7 Å². The van der Waals surface area contributed by atoms with E-state index in [1.54, 1.807) is 18.2 Å². The minimum absolute atomic E-state index is 0.0472. The van der Waals surface area contributed by atoms with Crippen LogP contribution in [0, 0.1) is 0 Å². The van der Waals surface area contributed by atoms with Crippen LogP contribution in [0.4, 0.5) is 19.0 Å². The second-order valence-electron chi connectivity index (χ2n) is 4.00. The van der Waals surface area contributed by atoms with Gasteiger partial charge in [0.25, 0.3) is 0 Å². The smallest absolute Gasteiger partial charge is 0.416 e. The van der Waals surface area contributed by atoms with Gasteiger partial charge in [-0.15, -0.1) is 0 Å². The number of nitrogens with zero attached hydrogens (tertiary/aromatic N) is 1. The maximum absolute atomic E-state index is 12.8. The lowest BCUT2D eigenvalue weighted by Crippen LogP contribution is -2.07. The molecule has 0 spiro atoms. The molecule has 0 amide bonds. The number of alkyl halides is 3. The lowest BCUT2D eigenvalue weighted by molar-refractivity contribution is -0.137. The molecule has 0 unspecified atom stereocenters. The van der Waals surface area contributed by atoms with Crippen LogP contribution in [0.25, 0.3) is 0 Å². The second-order valence-corrected chi connectivity index (χ2v) is 5.33. The van der Waals surface area contributed by atoms with Crippen molar-refractivity contribution >= 4 is 33.3 Å². The van der Waals surface area contributed by atoms with Crippen LogP contribution in [0.1, 0.15) is 5.56 Å². The molecular weight excluding hydrogens is 373 g/mol. The van der Waals surface area contributed by atoms with Crippen molar-refractivity contribution in [3.8, 4) is 11.6 Å². The van der Waals surface area contributed by atoms with Crippen LogP contribution in [-0.2, 0) is 6.18 Å². The number of anilines is 1. The minimum atomic E-state index is -4.49. The number of hydrogen-bond donors (Lipinski definition) is 1. The summed E-state index contributed by atoms with van der Waals surface area (Å²) < 4.78 is 44.5. The molecule has 0 aliphatic heterocycles. The van der Waals surface area contributed by atoms with Gasteiger partial charge in [-0.3, -0.25) is 0 Å². The first-order chi connectivity index (χ1) is 9.79. The number of ether oxygens (including phenoxy) is 1. The fourth-order valence-corrected chi connectivity index (χ4v) is 2.01. The number of nitrogens with one attached hydrogen (secondary N) is 1. The molecule has 0 aliphatic rings. The third-order valence-corrected chi connectivity index (χ3v) is 3.30. The van der Waals surface area contributed by atoms with Gasteiger partial charge in [-0.2, -0.15) is 18.2 Å². The number of rotatable bonds is 3. The van der Waals surface area contributed by atoms with Gasteiger partial charge in [-0.25, -0.2) is 0 Å². The van der Waals surface area contributed by atoms with Crippen LogP contribution >= 0.6 is 27.5 Å². The van der Waals surface area contributed by atoms with E-state index in [1.807, 2.05) is 0 Å². The molecular formula is C13H9BrClF3N2O. The molecule has 0 bridgehead atoms. The Balaban J connectivity index is 2.42. The Kier molecular flexibility index (Phi) is 4.63. The largest absolute Gasteiger partial charge is 0.437 e. The van der Waals surface area contributed by atoms with E-state index in [4.69, 9.17) is 16.3 Å². The molecule has 0 aliphatic carbocycles. The highest BCUT2D eigenvalue weighted by Gasteiger charge is 2.32. The molecule has 0 atom stereocenters. The van der Waals surface area contributed by atoms with Crippen molar-refractivity contribution in [2.45, 2.75) is 6.18 Å². The summed E-state index contributed by atoms with van der Waals surface area (Å²) >= 11 is 9.17. The molecule has 112 valence electrons. The quantitative estimate of drug-likeness (QED) is 0.778. The van der Waals surface area contributed by atoms with E-state index in [0.717, 1.165) is 12.1 Å². The number of benzene rings is 1. The summed E-state index contributed by atoms with van der Waals surface area (Å²) in [6, 6.07) is 6.51. The second kappa shape index (κ2) is 6.11. The molecule has 2 rings (SSSR count). The molecule has 0 fully saturated rings. The minimum Gasteiger partial charge on any atom is -0.437 e. The van der Waals surface area contributed by atoms with Gasteiger partial charge in [0.15, 0.2) is 0 Å². The predicted molar refractivity (Wildman–Crippen MR) is 78.0 cm³/mol. The van der Waals surface area contributed by atoms with Crippen molar-refractivity contribution < 1.29 is 17.9 Å². The van der Waals surface area contributed by atoms with Crippen LogP contribution in [-0.4, -0.2) is 12.0 Å². The van der Waals surface area contributed by atoms with E-state index in [0.29, 0.717) is 4.47 Å². The van der Waals surface area contributed by atoms with E-state index in [9.17, 15) is 13.2 Å². The number of halogens is 5. The Labute approximate surface area is 132 Å². The maximum Gasteiger partial charge on any atom is 0.416 e. The fraction of sp³-hybridized carbons (Fsp3) is 0.154. The predicted octanol–water partition coefficient (Wildman–Crippen LogP) is 5.35. The van der Waals surface area contributed by atoms with Gasteiger partial charge >= 0.3 is 6.18 Å². The summed E-state index contributed by atoms with van der Waals surface area (Å²) in [5.74, 6) is 0.0556. The molecule has 3 nitrogen and oxygen atoms in total. The van der Waals surface area contributed by atoms with Crippen molar-refractivity contribution in [3.05, 3.63) is 45.4 Å². The summed E-state index contributed by atoms with van der Waals surface area (Å²) in [6.45, 7) is 0. The highest BCUT2D eigenvalue weighted by Crippen LogP contribution is 2.36. The van der Waals surface area contributed by atoms with E-state index in [2.05, 4.69) is 26.2 Å². The molecule has 21 heavy (non-hydrogen) atoms. The first-order valence-corrected chi connectivity index (χ1v) is 6.86. The fourth-order valence-electron chi connectivity index (χ4n) is 1.52. The molecule has 8 heteroatoms. The van der Waals surface area contributed by atoms with Crippen LogP contribution in [0.5, 0.6) is 11.6 Å². The van der Waals surface area contributed by atoms with Gasteiger partial charge in [0.05, 0.1) is 10.6 Å². The lowest BCUT2D eigenvalue weighted by atomic mass is 10.2. The SMILES string of the molecule is CNc1cc(C(F)(F)F)cc(Oc2cc(Br)ccc2Cl)n1. The van der Waals surface area contributed by atoms with Crippen LogP contribution in [0.3, 0.4) is 0 Å². The highest BCUT2D eigenvalue weighted by molar-refractivity contribution is 9.10. The van der Waals surface area contributed by atoms with Gasteiger partial charge in [0.1, 0.15) is 11.6 Å². The van der Waals surface area contributed by atoms with Crippen molar-refractivity contribution in [3.63, 3.8) is 0 Å². The zero-order chi connectivity index (χ0) is 15.6. The van der Waals surface area contributed by atoms with Gasteiger partial charge in [-0.1, -0.05) is 27.5 Å². The van der Waals surface area contributed by atoms with Crippen molar-refractivity contribution in [1.29, 1.82) is 0 Å². The number of aromatic nitrogens is 1. The lowest BCUT2D eigenvalue weighted by Gasteiger charge is -2.12. The average molecular weight is 382 g/mol. The van der Waals surface area contributed by atoms with Gasteiger partial charge < -0.3 is 10.1 Å². The summed E-state index contributed by atoms with van der Waals surface area (Å²) in [4.78, 5) is 3.92. The first kappa shape index (κ1) is 15.9. The van der Waals surface area contributed by atoms with Gasteiger partial charge in [0.2, 0.25) is 5.88 Å². The molecule has 1 aromatic carbocycles. The number of hydrogen-bond acceptors (Lipinski definition) is 3. The summed E-state index contributed by atoms with van der Waals surface area (Å²) in [6.07, 6.45) is -4.49. The standard InChI is InChI=1S/C13H9BrClF3N2O/c1-19-11-4-7(13(16,17)18)5-12(20-11)21-10-6-8(14)2-3-9(10)15/h2-6H,1H3,(H,19,20). The van der Waals surface area contributed by atoms with Gasteiger partial charge in [0, 0.05) is 17.6 Å². The Hall–Kier alpha value is -1.47. The maximum atomic E-state index is 12.8. The molecule has 0 saturated carbocycles. The monoisotopic (exact) mass is 380 g/mol. The first-order valence-electron chi connectivity index (χ1n) is 5.69. The van der Waals surface area contributed by atoms with E-state index >= 15 is 0 Å². The third-order valence-electron chi connectivity index (χ3n) is 2.49. The highest BCUT2D eigenvalue weighted by atomic mass is 79.9. The Morgan fingerprint density at radius 2 is 1.95 bits per heavy atom. The number of pyridine rings is 1. The third kappa shape index (κ3) is 4.01. The Bertz CT molecular complexity index is 664. The van der Waals surface area contributed by atoms with Crippen LogP contribution < -0.4 is 10.1 Å². The Morgan fingerprint density at radius 1 is 1.24 bits per heavy atom. The van der Waals surface area contributed by atoms with Crippen LogP contribution in [0.2, 0.25) is 5.02 Å².